The van der Waals surface area contributed by atoms with Crippen LogP contribution in [0.5, 0.6) is 5.75 Å². The zero-order valence-corrected chi connectivity index (χ0v) is 11.9. The minimum absolute atomic E-state index is 0.361. The Morgan fingerprint density at radius 1 is 1.38 bits per heavy atom. The normalized spacial score (nSPS) is 12.8. The first-order valence-electron chi connectivity index (χ1n) is 6.48. The Hall–Kier alpha value is -1.76. The number of methoxy groups -OCH3 is 1. The van der Waals surface area contributed by atoms with Crippen LogP contribution in [0.1, 0.15) is 24.9 Å². The number of carbonyl (C=O) groups is 1. The minimum Gasteiger partial charge on any atom is -0.494 e. The zero-order chi connectivity index (χ0) is 15.9. The number of nitrogens with one attached hydrogen (secondary N) is 1. The van der Waals surface area contributed by atoms with Gasteiger partial charge in [-0.25, -0.2) is 4.79 Å². The van der Waals surface area contributed by atoms with Crippen molar-refractivity contribution in [3.8, 4) is 5.75 Å². The van der Waals surface area contributed by atoms with E-state index in [1.807, 2.05) is 6.92 Å². The molecule has 118 valence electrons. The molecule has 0 aliphatic carbocycles. The van der Waals surface area contributed by atoms with Crippen molar-refractivity contribution in [3.63, 3.8) is 0 Å². The van der Waals surface area contributed by atoms with E-state index in [-0.39, 0.29) is 0 Å². The average molecular weight is 305 g/mol. The van der Waals surface area contributed by atoms with E-state index in [1.165, 1.54) is 6.07 Å². The summed E-state index contributed by atoms with van der Waals surface area (Å²) in [5.74, 6) is -0.288. The van der Waals surface area contributed by atoms with Crippen LogP contribution in [0.3, 0.4) is 0 Å². The summed E-state index contributed by atoms with van der Waals surface area (Å²) in [6, 6.07) is 5.18. The van der Waals surface area contributed by atoms with Crippen LogP contribution in [0, 0.1) is 0 Å². The Balaban J connectivity index is 2.89. The fourth-order valence-corrected chi connectivity index (χ4v) is 1.68. The van der Waals surface area contributed by atoms with Gasteiger partial charge in [0.25, 0.3) is 0 Å². The lowest BCUT2D eigenvalue weighted by atomic mass is 10.1. The Kier molecular flexibility index (Phi) is 6.48. The first-order valence-corrected chi connectivity index (χ1v) is 6.48. The van der Waals surface area contributed by atoms with Crippen LogP contribution < -0.4 is 10.1 Å². The highest BCUT2D eigenvalue weighted by molar-refractivity contribution is 5.77. The molecule has 0 heterocycles. The Morgan fingerprint density at radius 2 is 2.10 bits per heavy atom. The van der Waals surface area contributed by atoms with E-state index in [0.29, 0.717) is 17.9 Å². The standard InChI is InChI=1S/C14H18F3NO3/c1-3-7-21-11-6-4-5-10(8-11)12(13(19)20-2)18-9-14(15,16)17/h4-6,8,12,18H,3,7,9H2,1-2H3. The van der Waals surface area contributed by atoms with Crippen molar-refractivity contribution < 1.29 is 27.4 Å². The van der Waals surface area contributed by atoms with Gasteiger partial charge in [-0.1, -0.05) is 19.1 Å². The number of ether oxygens (including phenoxy) is 2. The molecular weight excluding hydrogens is 287 g/mol. The molecule has 0 aromatic heterocycles. The summed E-state index contributed by atoms with van der Waals surface area (Å²) in [6.45, 7) is 1.14. The van der Waals surface area contributed by atoms with Crippen LogP contribution in [-0.2, 0) is 9.53 Å². The number of benzene rings is 1. The van der Waals surface area contributed by atoms with Gasteiger partial charge in [0.1, 0.15) is 11.8 Å². The van der Waals surface area contributed by atoms with Gasteiger partial charge < -0.3 is 9.47 Å². The molecule has 1 aromatic rings. The second-order valence-electron chi connectivity index (χ2n) is 4.37. The molecule has 0 fully saturated rings. The summed E-state index contributed by atoms with van der Waals surface area (Å²) in [5, 5.41) is 2.15. The smallest absolute Gasteiger partial charge is 0.401 e. The van der Waals surface area contributed by atoms with Crippen LogP contribution in [0.15, 0.2) is 24.3 Å². The van der Waals surface area contributed by atoms with Gasteiger partial charge >= 0.3 is 12.1 Å². The highest BCUT2D eigenvalue weighted by Gasteiger charge is 2.31. The summed E-state index contributed by atoms with van der Waals surface area (Å²) >= 11 is 0. The molecule has 0 aliphatic heterocycles. The van der Waals surface area contributed by atoms with Crippen LogP contribution in [-0.4, -0.2) is 32.4 Å². The summed E-state index contributed by atoms with van der Waals surface area (Å²) in [6.07, 6.45) is -3.61. The molecule has 1 unspecified atom stereocenters. The van der Waals surface area contributed by atoms with Crippen molar-refractivity contribution in [2.24, 2.45) is 0 Å². The summed E-state index contributed by atoms with van der Waals surface area (Å²) in [7, 11) is 1.13. The predicted octanol–water partition coefficient (Wildman–Crippen LogP) is 2.84. The van der Waals surface area contributed by atoms with Crippen LogP contribution in [0.2, 0.25) is 0 Å². The maximum Gasteiger partial charge on any atom is 0.401 e. The molecule has 21 heavy (non-hydrogen) atoms. The SMILES string of the molecule is CCCOc1cccc(C(NCC(F)(F)F)C(=O)OC)c1. The number of hydrogen-bond donors (Lipinski definition) is 1. The first kappa shape index (κ1) is 17.3. The fourth-order valence-electron chi connectivity index (χ4n) is 1.68. The largest absolute Gasteiger partial charge is 0.494 e. The molecule has 7 heteroatoms. The molecule has 0 aliphatic rings. The summed E-state index contributed by atoms with van der Waals surface area (Å²) in [5.41, 5.74) is 0.361. The molecule has 1 rings (SSSR count). The molecule has 0 radical (unpaired) electrons. The number of rotatable bonds is 7. The van der Waals surface area contributed by atoms with Crippen LogP contribution in [0.25, 0.3) is 0 Å². The molecular formula is C14H18F3NO3. The van der Waals surface area contributed by atoms with Gasteiger partial charge in [0, 0.05) is 0 Å². The highest BCUT2D eigenvalue weighted by Crippen LogP contribution is 2.22. The predicted molar refractivity (Wildman–Crippen MR) is 71.0 cm³/mol. The molecule has 1 aromatic carbocycles. The fraction of sp³-hybridized carbons (Fsp3) is 0.500. The Bertz CT molecular complexity index is 463. The molecule has 0 saturated heterocycles. The third-order valence-corrected chi connectivity index (χ3v) is 2.61. The quantitative estimate of drug-likeness (QED) is 0.787. The van der Waals surface area contributed by atoms with Gasteiger partial charge in [0.05, 0.1) is 20.3 Å². The average Bonchev–Trinajstić information content (AvgIpc) is 2.44. The Labute approximate surface area is 121 Å². The van der Waals surface area contributed by atoms with E-state index in [2.05, 4.69) is 10.1 Å². The zero-order valence-electron chi connectivity index (χ0n) is 11.9. The Morgan fingerprint density at radius 3 is 2.67 bits per heavy atom. The lowest BCUT2D eigenvalue weighted by Gasteiger charge is -2.18. The van der Waals surface area contributed by atoms with Crippen molar-refractivity contribution in [1.29, 1.82) is 0 Å². The number of carbonyl (C=O) groups excluding carboxylic acids is 1. The van der Waals surface area contributed by atoms with Crippen molar-refractivity contribution in [3.05, 3.63) is 29.8 Å². The topological polar surface area (TPSA) is 47.6 Å². The number of halogens is 3. The second-order valence-corrected chi connectivity index (χ2v) is 4.37. The minimum atomic E-state index is -4.41. The van der Waals surface area contributed by atoms with Gasteiger partial charge in [-0.05, 0) is 24.1 Å². The molecule has 0 bridgehead atoms. The van der Waals surface area contributed by atoms with E-state index >= 15 is 0 Å². The maximum atomic E-state index is 12.3. The van der Waals surface area contributed by atoms with E-state index in [0.717, 1.165) is 13.5 Å². The van der Waals surface area contributed by atoms with Gasteiger partial charge in [0.15, 0.2) is 0 Å². The summed E-state index contributed by atoms with van der Waals surface area (Å²) < 4.78 is 46.9. The van der Waals surface area contributed by atoms with Crippen molar-refractivity contribution in [1.82, 2.24) is 5.32 Å². The van der Waals surface area contributed by atoms with Crippen LogP contribution in [0.4, 0.5) is 13.2 Å². The highest BCUT2D eigenvalue weighted by atomic mass is 19.4. The molecule has 0 amide bonds. The lowest BCUT2D eigenvalue weighted by Crippen LogP contribution is -2.36. The van der Waals surface area contributed by atoms with E-state index in [4.69, 9.17) is 4.74 Å². The third kappa shape index (κ3) is 6.03. The molecule has 4 nitrogen and oxygen atoms in total. The molecule has 1 atom stereocenters. The van der Waals surface area contributed by atoms with Crippen molar-refractivity contribution in [2.45, 2.75) is 25.6 Å². The van der Waals surface area contributed by atoms with Gasteiger partial charge in [0.2, 0.25) is 0 Å². The second kappa shape index (κ2) is 7.87. The van der Waals surface area contributed by atoms with Gasteiger partial charge in [-0.3, -0.25) is 5.32 Å². The van der Waals surface area contributed by atoms with Gasteiger partial charge in [-0.15, -0.1) is 0 Å². The van der Waals surface area contributed by atoms with Crippen molar-refractivity contribution >= 4 is 5.97 Å². The van der Waals surface area contributed by atoms with E-state index in [9.17, 15) is 18.0 Å². The lowest BCUT2D eigenvalue weighted by molar-refractivity contribution is -0.146. The number of esters is 1. The van der Waals surface area contributed by atoms with E-state index in [1.54, 1.807) is 18.2 Å². The number of alkyl halides is 3. The molecule has 0 saturated carbocycles. The third-order valence-electron chi connectivity index (χ3n) is 2.61. The first-order chi connectivity index (χ1) is 9.87. The van der Waals surface area contributed by atoms with Crippen molar-refractivity contribution in [2.75, 3.05) is 20.3 Å². The summed E-state index contributed by atoms with van der Waals surface area (Å²) in [4.78, 5) is 11.7. The maximum absolute atomic E-state index is 12.3. The molecule has 0 spiro atoms. The number of hydrogen-bond acceptors (Lipinski definition) is 4. The van der Waals surface area contributed by atoms with E-state index < -0.39 is 24.7 Å². The monoisotopic (exact) mass is 305 g/mol. The van der Waals surface area contributed by atoms with Gasteiger partial charge in [-0.2, -0.15) is 13.2 Å². The molecule has 1 N–H and O–H groups in total. The van der Waals surface area contributed by atoms with Crippen LogP contribution >= 0.6 is 0 Å².